The van der Waals surface area contributed by atoms with Crippen LogP contribution in [0.15, 0.2) is 22.7 Å². The number of benzene rings is 1. The summed E-state index contributed by atoms with van der Waals surface area (Å²) in [5, 5.41) is 9.87. The number of aryl methyl sites for hydroxylation is 1. The maximum absolute atomic E-state index is 12.4. The van der Waals surface area contributed by atoms with E-state index in [1.54, 1.807) is 11.3 Å². The normalized spacial score (nSPS) is 12.3. The molecule has 0 spiro atoms. The van der Waals surface area contributed by atoms with Crippen LogP contribution in [-0.2, 0) is 16.0 Å². The van der Waals surface area contributed by atoms with E-state index in [0.717, 1.165) is 26.1 Å². The first-order valence-electron chi connectivity index (χ1n) is 7.47. The second kappa shape index (κ2) is 7.88. The third kappa shape index (κ3) is 4.75. The number of hydrogen-bond donors (Lipinski definition) is 1. The fourth-order valence-corrected chi connectivity index (χ4v) is 3.56. The van der Waals surface area contributed by atoms with Crippen LogP contribution < -0.4 is 0 Å². The second-order valence-corrected chi connectivity index (χ2v) is 7.42. The summed E-state index contributed by atoms with van der Waals surface area (Å²) >= 11 is 4.99. The largest absolute Gasteiger partial charge is 0.480 e. The third-order valence-corrected chi connectivity index (χ3v) is 5.28. The molecule has 0 bridgehead atoms. The molecule has 0 saturated heterocycles. The summed E-state index contributed by atoms with van der Waals surface area (Å²) in [6.07, 6.45) is 1.54. The molecular formula is C16H19BrN2O3S. The van der Waals surface area contributed by atoms with Crippen molar-refractivity contribution in [3.63, 3.8) is 0 Å². The van der Waals surface area contributed by atoms with Gasteiger partial charge in [0, 0.05) is 23.4 Å². The molecule has 0 saturated carbocycles. The van der Waals surface area contributed by atoms with Gasteiger partial charge in [-0.25, -0.2) is 4.98 Å². The van der Waals surface area contributed by atoms with Crippen LogP contribution in [-0.4, -0.2) is 39.5 Å². The number of fused-ring (bicyclic) bond motifs is 1. The van der Waals surface area contributed by atoms with Crippen LogP contribution >= 0.6 is 27.3 Å². The zero-order chi connectivity index (χ0) is 17.0. The van der Waals surface area contributed by atoms with Crippen molar-refractivity contribution in [2.45, 2.75) is 39.2 Å². The highest BCUT2D eigenvalue weighted by Crippen LogP contribution is 2.26. The van der Waals surface area contributed by atoms with Gasteiger partial charge in [0.15, 0.2) is 0 Å². The van der Waals surface area contributed by atoms with Crippen LogP contribution in [0.25, 0.3) is 10.2 Å². The minimum atomic E-state index is -0.983. The summed E-state index contributed by atoms with van der Waals surface area (Å²) in [6.45, 7) is 3.56. The Kier molecular flexibility index (Phi) is 6.12. The van der Waals surface area contributed by atoms with E-state index in [0.29, 0.717) is 6.42 Å². The lowest BCUT2D eigenvalue weighted by molar-refractivity contribution is -0.146. The van der Waals surface area contributed by atoms with Crippen molar-refractivity contribution < 1.29 is 14.7 Å². The van der Waals surface area contributed by atoms with Gasteiger partial charge in [-0.05, 0) is 31.5 Å². The summed E-state index contributed by atoms with van der Waals surface area (Å²) in [5.74, 6) is -1.12. The smallest absolute Gasteiger partial charge is 0.323 e. The number of aromatic nitrogens is 1. The molecule has 2 rings (SSSR count). The molecule has 1 N–H and O–H groups in total. The molecule has 1 amide bonds. The number of rotatable bonds is 7. The van der Waals surface area contributed by atoms with Gasteiger partial charge in [0.25, 0.3) is 0 Å². The summed E-state index contributed by atoms with van der Waals surface area (Å²) in [5.41, 5.74) is 0.913. The minimum absolute atomic E-state index is 0.0788. The fraction of sp³-hybridized carbons (Fsp3) is 0.438. The minimum Gasteiger partial charge on any atom is -0.480 e. The van der Waals surface area contributed by atoms with E-state index in [-0.39, 0.29) is 24.9 Å². The van der Waals surface area contributed by atoms with Crippen molar-refractivity contribution in [2.24, 2.45) is 0 Å². The van der Waals surface area contributed by atoms with Gasteiger partial charge in [0.1, 0.15) is 6.54 Å². The molecule has 2 aromatic rings. The van der Waals surface area contributed by atoms with Gasteiger partial charge in [-0.3, -0.25) is 9.59 Å². The number of aliphatic carboxylic acids is 1. The van der Waals surface area contributed by atoms with Gasteiger partial charge in [-0.15, -0.1) is 11.3 Å². The van der Waals surface area contributed by atoms with Crippen molar-refractivity contribution in [2.75, 3.05) is 6.54 Å². The molecule has 1 heterocycles. The quantitative estimate of drug-likeness (QED) is 0.771. The maximum atomic E-state index is 12.4. The number of carbonyl (C=O) groups is 2. The molecule has 0 aliphatic heterocycles. The van der Waals surface area contributed by atoms with Crippen LogP contribution in [0.1, 0.15) is 31.7 Å². The molecule has 0 aliphatic rings. The van der Waals surface area contributed by atoms with E-state index in [1.165, 1.54) is 4.90 Å². The first kappa shape index (κ1) is 17.9. The number of carbonyl (C=O) groups excluding carboxylic acids is 1. The molecular weight excluding hydrogens is 380 g/mol. The number of thiazole rings is 1. The highest BCUT2D eigenvalue weighted by atomic mass is 79.9. The molecule has 124 valence electrons. The topological polar surface area (TPSA) is 70.5 Å². The number of carboxylic acid groups (broad SMARTS) is 1. The molecule has 1 unspecified atom stereocenters. The Hall–Kier alpha value is -1.47. The molecule has 7 heteroatoms. The summed E-state index contributed by atoms with van der Waals surface area (Å²) in [7, 11) is 0. The van der Waals surface area contributed by atoms with Crippen LogP contribution in [0.3, 0.4) is 0 Å². The van der Waals surface area contributed by atoms with Crippen LogP contribution in [0.5, 0.6) is 0 Å². The van der Waals surface area contributed by atoms with Crippen molar-refractivity contribution >= 4 is 49.4 Å². The van der Waals surface area contributed by atoms with Gasteiger partial charge >= 0.3 is 5.97 Å². The zero-order valence-electron chi connectivity index (χ0n) is 13.1. The van der Waals surface area contributed by atoms with E-state index >= 15 is 0 Å². The van der Waals surface area contributed by atoms with Gasteiger partial charge in [-0.2, -0.15) is 0 Å². The number of amides is 1. The SMILES string of the molecule is CCC(C)N(CC(=O)O)C(=O)CCc1nc2cc(Br)ccc2s1. The van der Waals surface area contributed by atoms with Gasteiger partial charge in [0.2, 0.25) is 5.91 Å². The van der Waals surface area contributed by atoms with Crippen LogP contribution in [0.2, 0.25) is 0 Å². The van der Waals surface area contributed by atoms with E-state index in [1.807, 2.05) is 32.0 Å². The molecule has 0 fully saturated rings. The molecule has 23 heavy (non-hydrogen) atoms. The predicted molar refractivity (Wildman–Crippen MR) is 94.7 cm³/mol. The average Bonchev–Trinajstić information content (AvgIpc) is 2.91. The fourth-order valence-electron chi connectivity index (χ4n) is 2.27. The first-order chi connectivity index (χ1) is 10.9. The first-order valence-corrected chi connectivity index (χ1v) is 9.08. The molecule has 0 radical (unpaired) electrons. The Bertz CT molecular complexity index is 716. The molecule has 5 nitrogen and oxygen atoms in total. The monoisotopic (exact) mass is 398 g/mol. The number of halogens is 1. The molecule has 1 aromatic carbocycles. The van der Waals surface area contributed by atoms with Crippen LogP contribution in [0, 0.1) is 0 Å². The van der Waals surface area contributed by atoms with E-state index in [2.05, 4.69) is 20.9 Å². The lowest BCUT2D eigenvalue weighted by atomic mass is 10.2. The maximum Gasteiger partial charge on any atom is 0.323 e. The Morgan fingerprint density at radius 2 is 2.17 bits per heavy atom. The summed E-state index contributed by atoms with van der Waals surface area (Å²) in [6, 6.07) is 5.84. The molecule has 1 aromatic heterocycles. The zero-order valence-corrected chi connectivity index (χ0v) is 15.5. The Balaban J connectivity index is 2.04. The van der Waals surface area contributed by atoms with E-state index in [9.17, 15) is 9.59 Å². The Morgan fingerprint density at radius 1 is 1.43 bits per heavy atom. The highest BCUT2D eigenvalue weighted by Gasteiger charge is 2.21. The standard InChI is InChI=1S/C16H19BrN2O3S/c1-3-10(2)19(9-16(21)22)15(20)7-6-14-18-12-8-11(17)4-5-13(12)23-14/h4-5,8,10H,3,6-7,9H2,1-2H3,(H,21,22). The van der Waals surface area contributed by atoms with Gasteiger partial charge in [-0.1, -0.05) is 22.9 Å². The van der Waals surface area contributed by atoms with Gasteiger partial charge in [0.05, 0.1) is 15.2 Å². The van der Waals surface area contributed by atoms with Crippen molar-refractivity contribution in [3.8, 4) is 0 Å². The Labute approximate surface area is 147 Å². The summed E-state index contributed by atoms with van der Waals surface area (Å²) < 4.78 is 2.06. The highest BCUT2D eigenvalue weighted by molar-refractivity contribution is 9.10. The second-order valence-electron chi connectivity index (χ2n) is 5.39. The van der Waals surface area contributed by atoms with Crippen molar-refractivity contribution in [1.82, 2.24) is 9.88 Å². The van der Waals surface area contributed by atoms with Crippen LogP contribution in [0.4, 0.5) is 0 Å². The molecule has 0 aliphatic carbocycles. The summed E-state index contributed by atoms with van der Waals surface area (Å²) in [4.78, 5) is 29.3. The number of nitrogens with zero attached hydrogens (tertiary/aromatic N) is 2. The third-order valence-electron chi connectivity index (χ3n) is 3.70. The average molecular weight is 399 g/mol. The predicted octanol–water partition coefficient (Wildman–Crippen LogP) is 3.70. The lowest BCUT2D eigenvalue weighted by Gasteiger charge is -2.26. The lowest BCUT2D eigenvalue weighted by Crippen LogP contribution is -2.41. The van der Waals surface area contributed by atoms with E-state index < -0.39 is 5.97 Å². The molecule has 1 atom stereocenters. The van der Waals surface area contributed by atoms with Crippen molar-refractivity contribution in [1.29, 1.82) is 0 Å². The van der Waals surface area contributed by atoms with Gasteiger partial charge < -0.3 is 10.0 Å². The van der Waals surface area contributed by atoms with E-state index in [4.69, 9.17) is 5.11 Å². The number of hydrogen-bond acceptors (Lipinski definition) is 4. The van der Waals surface area contributed by atoms with Crippen molar-refractivity contribution in [3.05, 3.63) is 27.7 Å². The Morgan fingerprint density at radius 3 is 2.83 bits per heavy atom. The number of carboxylic acids is 1.